The monoisotopic (exact) mass is 510 g/mol. The van der Waals surface area contributed by atoms with Crippen LogP contribution >= 0.6 is 0 Å². The van der Waals surface area contributed by atoms with Crippen molar-refractivity contribution in [1.82, 2.24) is 9.55 Å². The number of alkyl halides is 3. The van der Waals surface area contributed by atoms with Gasteiger partial charge in [-0.1, -0.05) is 13.8 Å². The van der Waals surface area contributed by atoms with E-state index in [9.17, 15) is 31.5 Å². The van der Waals surface area contributed by atoms with Crippen LogP contribution in [0.3, 0.4) is 0 Å². The van der Waals surface area contributed by atoms with Crippen LogP contribution in [0, 0.1) is 0 Å². The number of aromatic nitrogens is 2. The summed E-state index contributed by atoms with van der Waals surface area (Å²) >= 11 is 0. The molecule has 11 heteroatoms. The summed E-state index contributed by atoms with van der Waals surface area (Å²) in [4.78, 5) is 16.0. The fraction of sp³-hybridized carbons (Fsp3) is 0.417. The first-order valence-electron chi connectivity index (χ1n) is 10.8. The first kappa shape index (κ1) is 25.2. The number of sulfone groups is 1. The number of halogens is 3. The zero-order valence-corrected chi connectivity index (χ0v) is 20.2. The molecule has 35 heavy (non-hydrogen) atoms. The number of hydrogen-bond acceptors (Lipinski definition) is 6. The molecule has 0 fully saturated rings. The van der Waals surface area contributed by atoms with E-state index < -0.39 is 45.4 Å². The number of rotatable bonds is 6. The number of aliphatic hydroxyl groups is 1. The van der Waals surface area contributed by atoms with Crippen LogP contribution in [0.1, 0.15) is 31.4 Å². The first-order chi connectivity index (χ1) is 16.1. The van der Waals surface area contributed by atoms with Crippen molar-refractivity contribution >= 4 is 20.7 Å². The van der Waals surface area contributed by atoms with Crippen LogP contribution in [-0.4, -0.2) is 47.7 Å². The van der Waals surface area contributed by atoms with E-state index >= 15 is 0 Å². The van der Waals surface area contributed by atoms with Crippen LogP contribution in [0.15, 0.2) is 52.5 Å². The van der Waals surface area contributed by atoms with E-state index in [1.54, 1.807) is 0 Å². The summed E-state index contributed by atoms with van der Waals surface area (Å²) in [6, 6.07) is 5.35. The SMILES string of the molecule is CC(C)(CC(O)(Cn1ccc(=O)c2cnccc21)C(F)(F)F)c1cc(S(C)(=O)=O)cc2c1OCC2. The normalized spacial score (nSPS) is 16.1. The van der Waals surface area contributed by atoms with E-state index in [1.807, 2.05) is 0 Å². The molecule has 0 aliphatic carbocycles. The van der Waals surface area contributed by atoms with Gasteiger partial charge in [0.1, 0.15) is 5.75 Å². The Kier molecular flexibility index (Phi) is 6.00. The Morgan fingerprint density at radius 2 is 1.91 bits per heavy atom. The summed E-state index contributed by atoms with van der Waals surface area (Å²) in [5.41, 5.74) is -3.86. The third kappa shape index (κ3) is 4.66. The summed E-state index contributed by atoms with van der Waals surface area (Å²) in [6.45, 7) is 2.43. The van der Waals surface area contributed by atoms with E-state index in [0.717, 1.165) is 12.3 Å². The van der Waals surface area contributed by atoms with Crippen LogP contribution in [-0.2, 0) is 28.2 Å². The van der Waals surface area contributed by atoms with Crippen molar-refractivity contribution in [1.29, 1.82) is 0 Å². The van der Waals surface area contributed by atoms with Crippen molar-refractivity contribution < 1.29 is 31.4 Å². The van der Waals surface area contributed by atoms with Gasteiger partial charge in [-0.25, -0.2) is 8.42 Å². The van der Waals surface area contributed by atoms with Crippen LogP contribution in [0.25, 0.3) is 10.9 Å². The van der Waals surface area contributed by atoms with Gasteiger partial charge < -0.3 is 14.4 Å². The topological polar surface area (TPSA) is 98.5 Å². The molecule has 3 heterocycles. The molecule has 0 amide bonds. The Labute approximate surface area is 200 Å². The molecule has 4 rings (SSSR count). The molecule has 0 spiro atoms. The van der Waals surface area contributed by atoms with Gasteiger partial charge in [0, 0.05) is 42.9 Å². The molecule has 0 saturated heterocycles. The van der Waals surface area contributed by atoms with Crippen molar-refractivity contribution in [2.45, 2.75) is 55.3 Å². The molecule has 1 unspecified atom stereocenters. The number of hydrogen-bond donors (Lipinski definition) is 1. The van der Waals surface area contributed by atoms with E-state index in [0.29, 0.717) is 17.7 Å². The zero-order chi connectivity index (χ0) is 25.8. The van der Waals surface area contributed by atoms with Crippen LogP contribution in [0.5, 0.6) is 5.75 Å². The van der Waals surface area contributed by atoms with Crippen molar-refractivity contribution in [3.63, 3.8) is 0 Å². The summed E-state index contributed by atoms with van der Waals surface area (Å²) in [5.74, 6) is 0.354. The maximum absolute atomic E-state index is 14.4. The molecule has 0 saturated carbocycles. The quantitative estimate of drug-likeness (QED) is 0.546. The van der Waals surface area contributed by atoms with E-state index in [1.165, 1.54) is 55.2 Å². The predicted octanol–water partition coefficient (Wildman–Crippen LogP) is 3.40. The van der Waals surface area contributed by atoms with Crippen LogP contribution in [0.4, 0.5) is 13.2 Å². The van der Waals surface area contributed by atoms with Gasteiger partial charge in [0.05, 0.1) is 29.0 Å². The van der Waals surface area contributed by atoms with Gasteiger partial charge in [-0.2, -0.15) is 13.2 Å². The number of pyridine rings is 2. The zero-order valence-electron chi connectivity index (χ0n) is 19.4. The number of benzene rings is 1. The molecule has 188 valence electrons. The summed E-state index contributed by atoms with van der Waals surface area (Å²) in [5, 5.41) is 11.2. The molecular formula is C24H25F3N2O5S. The van der Waals surface area contributed by atoms with Crippen molar-refractivity contribution in [3.05, 3.63) is 64.2 Å². The first-order valence-corrected chi connectivity index (χ1v) is 12.7. The minimum Gasteiger partial charge on any atom is -0.493 e. The van der Waals surface area contributed by atoms with Gasteiger partial charge in [-0.15, -0.1) is 0 Å². The Bertz CT molecular complexity index is 1460. The molecule has 7 nitrogen and oxygen atoms in total. The van der Waals surface area contributed by atoms with Gasteiger partial charge in [0.15, 0.2) is 20.9 Å². The lowest BCUT2D eigenvalue weighted by Gasteiger charge is -2.39. The fourth-order valence-corrected chi connectivity index (χ4v) is 5.33. The highest BCUT2D eigenvalue weighted by Gasteiger charge is 2.56. The van der Waals surface area contributed by atoms with Crippen molar-refractivity contribution in [3.8, 4) is 5.75 Å². The number of ether oxygens (including phenoxy) is 1. The minimum atomic E-state index is -5.04. The summed E-state index contributed by atoms with van der Waals surface area (Å²) < 4.78 is 74.5. The molecule has 1 N–H and O–H groups in total. The van der Waals surface area contributed by atoms with Crippen LogP contribution < -0.4 is 10.2 Å². The second kappa shape index (κ2) is 8.34. The lowest BCUT2D eigenvalue weighted by molar-refractivity contribution is -0.271. The molecule has 3 aromatic rings. The van der Waals surface area contributed by atoms with Crippen LogP contribution in [0.2, 0.25) is 0 Å². The highest BCUT2D eigenvalue weighted by atomic mass is 32.2. The molecule has 1 aliphatic heterocycles. The van der Waals surface area contributed by atoms with E-state index in [4.69, 9.17) is 4.74 Å². The maximum atomic E-state index is 14.4. The summed E-state index contributed by atoms with van der Waals surface area (Å²) in [6.07, 6.45) is -0.531. The maximum Gasteiger partial charge on any atom is 0.418 e. The van der Waals surface area contributed by atoms with Gasteiger partial charge >= 0.3 is 6.18 Å². The Morgan fingerprint density at radius 3 is 2.57 bits per heavy atom. The minimum absolute atomic E-state index is 0.0146. The second-order valence-electron chi connectivity index (χ2n) is 9.62. The third-order valence-corrected chi connectivity index (χ3v) is 7.48. The van der Waals surface area contributed by atoms with Crippen molar-refractivity contribution in [2.24, 2.45) is 0 Å². The molecular weight excluding hydrogens is 485 g/mol. The molecule has 0 bridgehead atoms. The highest BCUT2D eigenvalue weighted by Crippen LogP contribution is 2.47. The Morgan fingerprint density at radius 1 is 1.20 bits per heavy atom. The number of fused-ring (bicyclic) bond motifs is 2. The Balaban J connectivity index is 1.81. The van der Waals surface area contributed by atoms with Gasteiger partial charge in [-0.05, 0) is 35.6 Å². The Hall–Kier alpha value is -2.92. The second-order valence-corrected chi connectivity index (χ2v) is 11.6. The molecule has 2 aromatic heterocycles. The molecule has 1 aromatic carbocycles. The fourth-order valence-electron chi connectivity index (χ4n) is 4.64. The van der Waals surface area contributed by atoms with E-state index in [-0.39, 0.29) is 28.0 Å². The van der Waals surface area contributed by atoms with Gasteiger partial charge in [-0.3, -0.25) is 9.78 Å². The van der Waals surface area contributed by atoms with Crippen molar-refractivity contribution in [2.75, 3.05) is 12.9 Å². The van der Waals surface area contributed by atoms with E-state index in [2.05, 4.69) is 4.98 Å². The number of nitrogens with zero attached hydrogens (tertiary/aromatic N) is 2. The smallest absolute Gasteiger partial charge is 0.418 e. The lowest BCUT2D eigenvalue weighted by Crippen LogP contribution is -2.52. The lowest BCUT2D eigenvalue weighted by atomic mass is 9.74. The van der Waals surface area contributed by atoms with Gasteiger partial charge in [0.25, 0.3) is 0 Å². The third-order valence-electron chi connectivity index (χ3n) is 6.39. The average Bonchev–Trinajstić information content (AvgIpc) is 3.22. The standard InChI is InChI=1S/C24H25F3N2O5S/c1-22(2,18-11-16(35(3,32)33)10-15-6-9-34-21(15)18)13-23(31,24(25,26)27)14-29-8-5-20(30)17-12-28-7-4-19(17)29/h4-5,7-8,10-12,31H,6,9,13-14H2,1-3H3. The molecule has 1 aliphatic rings. The highest BCUT2D eigenvalue weighted by molar-refractivity contribution is 7.90. The molecule has 0 radical (unpaired) electrons. The molecule has 1 atom stereocenters. The summed E-state index contributed by atoms with van der Waals surface area (Å²) in [7, 11) is -3.64. The predicted molar refractivity (Wildman–Crippen MR) is 123 cm³/mol. The largest absolute Gasteiger partial charge is 0.493 e. The van der Waals surface area contributed by atoms with Gasteiger partial charge in [0.2, 0.25) is 0 Å². The average molecular weight is 511 g/mol.